The highest BCUT2D eigenvalue weighted by Gasteiger charge is 2.13. The van der Waals surface area contributed by atoms with Gasteiger partial charge < -0.3 is 4.74 Å². The molecule has 3 aromatic carbocycles. The average Bonchev–Trinajstić information content (AvgIpc) is 2.74. The van der Waals surface area contributed by atoms with E-state index >= 15 is 0 Å². The summed E-state index contributed by atoms with van der Waals surface area (Å²) < 4.78 is 6.92. The third-order valence-electron chi connectivity index (χ3n) is 4.56. The number of para-hydroxylation sites is 1. The van der Waals surface area contributed by atoms with Gasteiger partial charge in [-0.25, -0.2) is 4.98 Å². The van der Waals surface area contributed by atoms with Crippen molar-refractivity contribution in [2.75, 3.05) is 7.11 Å². The Bertz CT molecular complexity index is 1170. The highest BCUT2D eigenvalue weighted by molar-refractivity contribution is 7.98. The molecule has 0 atom stereocenters. The predicted octanol–water partition coefficient (Wildman–Crippen LogP) is 5.00. The van der Waals surface area contributed by atoms with Crippen LogP contribution in [0.2, 0.25) is 0 Å². The van der Waals surface area contributed by atoms with Crippen LogP contribution >= 0.6 is 11.8 Å². The van der Waals surface area contributed by atoms with Crippen molar-refractivity contribution in [3.05, 3.63) is 94.3 Å². The van der Waals surface area contributed by atoms with Crippen molar-refractivity contribution in [2.45, 2.75) is 17.8 Å². The highest BCUT2D eigenvalue weighted by Crippen LogP contribution is 2.25. The fraction of sp³-hybridized carbons (Fsp3) is 0.130. The number of nitrogens with zero attached hydrogens (tertiary/aromatic N) is 2. The molecule has 0 N–H and O–H groups in total. The molecule has 28 heavy (non-hydrogen) atoms. The van der Waals surface area contributed by atoms with Crippen LogP contribution in [-0.4, -0.2) is 16.7 Å². The molecule has 0 saturated carbocycles. The lowest BCUT2D eigenvalue weighted by molar-refractivity contribution is 0.414. The zero-order chi connectivity index (χ0) is 19.5. The minimum atomic E-state index is -0.0674. The number of benzene rings is 3. The molecular formula is C23H20N2O2S. The second-order valence-corrected chi connectivity index (χ2v) is 7.47. The first-order valence-electron chi connectivity index (χ1n) is 9.00. The van der Waals surface area contributed by atoms with E-state index < -0.39 is 0 Å². The smallest absolute Gasteiger partial charge is 0.266 e. The number of hydrogen-bond donors (Lipinski definition) is 0. The molecule has 0 saturated heterocycles. The van der Waals surface area contributed by atoms with E-state index in [2.05, 4.69) is 31.2 Å². The molecule has 0 spiro atoms. The van der Waals surface area contributed by atoms with E-state index in [-0.39, 0.29) is 5.56 Å². The number of aromatic nitrogens is 2. The lowest BCUT2D eigenvalue weighted by Gasteiger charge is -2.13. The van der Waals surface area contributed by atoms with Crippen LogP contribution in [0.1, 0.15) is 11.1 Å². The maximum Gasteiger partial charge on any atom is 0.266 e. The monoisotopic (exact) mass is 388 g/mol. The van der Waals surface area contributed by atoms with Gasteiger partial charge in [0.25, 0.3) is 5.56 Å². The molecule has 0 fully saturated rings. The van der Waals surface area contributed by atoms with Crippen LogP contribution in [-0.2, 0) is 5.75 Å². The molecule has 140 valence electrons. The van der Waals surface area contributed by atoms with Crippen molar-refractivity contribution >= 4 is 22.7 Å². The Kier molecular flexibility index (Phi) is 5.17. The van der Waals surface area contributed by atoms with Gasteiger partial charge in [-0.3, -0.25) is 9.36 Å². The van der Waals surface area contributed by atoms with Crippen molar-refractivity contribution in [2.24, 2.45) is 0 Å². The van der Waals surface area contributed by atoms with Gasteiger partial charge in [0.05, 0.1) is 23.7 Å². The molecule has 0 radical (unpaired) electrons. The molecule has 0 aliphatic carbocycles. The molecule has 4 nitrogen and oxygen atoms in total. The first-order valence-corrected chi connectivity index (χ1v) is 9.99. The fourth-order valence-corrected chi connectivity index (χ4v) is 3.97. The summed E-state index contributed by atoms with van der Waals surface area (Å²) >= 11 is 1.56. The van der Waals surface area contributed by atoms with Gasteiger partial charge in [0.1, 0.15) is 5.75 Å². The molecule has 0 unspecified atom stereocenters. The van der Waals surface area contributed by atoms with E-state index in [9.17, 15) is 4.79 Å². The molecule has 0 aliphatic rings. The Morgan fingerprint density at radius 3 is 2.39 bits per heavy atom. The van der Waals surface area contributed by atoms with Gasteiger partial charge in [-0.1, -0.05) is 53.7 Å². The normalized spacial score (nSPS) is 10.9. The maximum atomic E-state index is 13.2. The van der Waals surface area contributed by atoms with Crippen LogP contribution in [0, 0.1) is 6.92 Å². The Balaban J connectivity index is 1.80. The van der Waals surface area contributed by atoms with Crippen LogP contribution in [0.15, 0.2) is 82.7 Å². The van der Waals surface area contributed by atoms with Crippen molar-refractivity contribution in [3.63, 3.8) is 0 Å². The lowest BCUT2D eigenvalue weighted by atomic mass is 10.2. The van der Waals surface area contributed by atoms with Crippen molar-refractivity contribution in [1.29, 1.82) is 0 Å². The SMILES string of the molecule is COc1ccc(-n2c(SCc3ccc(C)cc3)nc3ccccc3c2=O)cc1. The predicted molar refractivity (Wildman–Crippen MR) is 115 cm³/mol. The Morgan fingerprint density at radius 1 is 0.964 bits per heavy atom. The van der Waals surface area contributed by atoms with Crippen LogP contribution in [0.3, 0.4) is 0 Å². The van der Waals surface area contributed by atoms with Crippen LogP contribution in [0.5, 0.6) is 5.75 Å². The Morgan fingerprint density at radius 2 is 1.68 bits per heavy atom. The Hall–Kier alpha value is -3.05. The summed E-state index contributed by atoms with van der Waals surface area (Å²) in [6.07, 6.45) is 0. The summed E-state index contributed by atoms with van der Waals surface area (Å²) in [5, 5.41) is 1.28. The van der Waals surface area contributed by atoms with Gasteiger partial charge in [-0.2, -0.15) is 0 Å². The molecule has 1 aromatic heterocycles. The largest absolute Gasteiger partial charge is 0.497 e. The minimum Gasteiger partial charge on any atom is -0.497 e. The maximum absolute atomic E-state index is 13.2. The number of rotatable bonds is 5. The average molecular weight is 388 g/mol. The summed E-state index contributed by atoms with van der Waals surface area (Å²) in [6, 6.07) is 23.4. The van der Waals surface area contributed by atoms with E-state index in [0.717, 1.165) is 17.2 Å². The number of aryl methyl sites for hydroxylation is 1. The van der Waals surface area contributed by atoms with E-state index in [0.29, 0.717) is 16.1 Å². The fourth-order valence-electron chi connectivity index (χ4n) is 3.00. The number of thioether (sulfide) groups is 1. The molecule has 0 amide bonds. The van der Waals surface area contributed by atoms with E-state index in [4.69, 9.17) is 9.72 Å². The van der Waals surface area contributed by atoms with Crippen molar-refractivity contribution in [3.8, 4) is 11.4 Å². The van der Waals surface area contributed by atoms with Crippen molar-refractivity contribution < 1.29 is 4.74 Å². The molecular weight excluding hydrogens is 368 g/mol. The quantitative estimate of drug-likeness (QED) is 0.357. The van der Waals surface area contributed by atoms with Gasteiger partial charge in [-0.15, -0.1) is 0 Å². The summed E-state index contributed by atoms with van der Waals surface area (Å²) in [5.41, 5.74) is 3.84. The highest BCUT2D eigenvalue weighted by atomic mass is 32.2. The van der Waals surface area contributed by atoms with Gasteiger partial charge >= 0.3 is 0 Å². The number of methoxy groups -OCH3 is 1. The third-order valence-corrected chi connectivity index (χ3v) is 5.57. The van der Waals surface area contributed by atoms with Crippen LogP contribution in [0.4, 0.5) is 0 Å². The second-order valence-electron chi connectivity index (χ2n) is 6.52. The van der Waals surface area contributed by atoms with E-state index in [1.807, 2.05) is 48.5 Å². The van der Waals surface area contributed by atoms with E-state index in [1.165, 1.54) is 11.1 Å². The number of hydrogen-bond acceptors (Lipinski definition) is 4. The minimum absolute atomic E-state index is 0.0674. The third kappa shape index (κ3) is 3.66. The molecule has 4 aromatic rings. The first-order chi connectivity index (χ1) is 13.7. The lowest BCUT2D eigenvalue weighted by Crippen LogP contribution is -2.21. The molecule has 5 heteroatoms. The molecule has 1 heterocycles. The molecule has 4 rings (SSSR count). The van der Waals surface area contributed by atoms with Gasteiger partial charge in [0.2, 0.25) is 0 Å². The molecule has 0 aliphatic heterocycles. The Labute approximate surface area is 167 Å². The van der Waals surface area contributed by atoms with Gasteiger partial charge in [0.15, 0.2) is 5.16 Å². The summed E-state index contributed by atoms with van der Waals surface area (Å²) in [5.74, 6) is 1.49. The summed E-state index contributed by atoms with van der Waals surface area (Å²) in [6.45, 7) is 2.07. The van der Waals surface area contributed by atoms with Crippen molar-refractivity contribution in [1.82, 2.24) is 9.55 Å². The molecule has 0 bridgehead atoms. The number of ether oxygens (including phenoxy) is 1. The topological polar surface area (TPSA) is 44.1 Å². The van der Waals surface area contributed by atoms with E-state index in [1.54, 1.807) is 23.4 Å². The second kappa shape index (κ2) is 7.90. The summed E-state index contributed by atoms with van der Waals surface area (Å²) in [7, 11) is 1.63. The number of fused-ring (bicyclic) bond motifs is 1. The van der Waals surface area contributed by atoms with Crippen LogP contribution in [0.25, 0.3) is 16.6 Å². The van der Waals surface area contributed by atoms with Crippen LogP contribution < -0.4 is 10.3 Å². The van der Waals surface area contributed by atoms with Gasteiger partial charge in [0, 0.05) is 5.75 Å². The van der Waals surface area contributed by atoms with Gasteiger partial charge in [-0.05, 0) is 48.9 Å². The standard InChI is InChI=1S/C23H20N2O2S/c1-16-7-9-17(10-8-16)15-28-23-24-21-6-4-3-5-20(21)22(26)25(23)18-11-13-19(27-2)14-12-18/h3-14H,15H2,1-2H3. The zero-order valence-corrected chi connectivity index (χ0v) is 16.6. The zero-order valence-electron chi connectivity index (χ0n) is 15.8. The first kappa shape index (κ1) is 18.3. The summed E-state index contributed by atoms with van der Waals surface area (Å²) in [4.78, 5) is 18.0.